The molecule has 0 N–H and O–H groups in total. The molecule has 0 aliphatic heterocycles. The Morgan fingerprint density at radius 1 is 0.444 bits per heavy atom. The highest BCUT2D eigenvalue weighted by Crippen LogP contribution is 2.44. The van der Waals surface area contributed by atoms with E-state index < -0.39 is 0 Å². The number of nitrogens with zero attached hydrogens (tertiary/aromatic N) is 3. The van der Waals surface area contributed by atoms with Gasteiger partial charge in [-0.1, -0.05) is 121 Å². The van der Waals surface area contributed by atoms with E-state index in [1.54, 1.807) is 6.07 Å². The second-order valence-electron chi connectivity index (χ2n) is 11.1. The summed E-state index contributed by atoms with van der Waals surface area (Å²) >= 11 is 0. The number of para-hydroxylation sites is 1. The third-order valence-corrected chi connectivity index (χ3v) is 8.48. The molecular weight excluding hydrogens is 546 g/mol. The van der Waals surface area contributed by atoms with Gasteiger partial charge in [0.25, 0.3) is 0 Å². The topological polar surface area (TPSA) is 39.9 Å². The minimum atomic E-state index is 0.384. The Labute approximate surface area is 261 Å². The number of benzene rings is 7. The molecule has 7 aromatic carbocycles. The van der Waals surface area contributed by atoms with Gasteiger partial charge in [0.15, 0.2) is 0 Å². The zero-order chi connectivity index (χ0) is 30.2. The van der Waals surface area contributed by atoms with Gasteiger partial charge in [-0.25, -0.2) is 4.98 Å². The first-order valence-electron chi connectivity index (χ1n) is 15.0. The lowest BCUT2D eigenvalue weighted by atomic mass is 9.85. The molecule has 0 saturated heterocycles. The van der Waals surface area contributed by atoms with Crippen molar-refractivity contribution < 1.29 is 0 Å². The highest BCUT2D eigenvalue weighted by atomic mass is 15.2. The summed E-state index contributed by atoms with van der Waals surface area (Å²) in [5.74, 6) is 0.698. The fraction of sp³-hybridized carbons (Fsp3) is 0. The Morgan fingerprint density at radius 3 is 1.62 bits per heavy atom. The summed E-state index contributed by atoms with van der Waals surface area (Å²) in [7, 11) is 0. The normalized spacial score (nSPS) is 11.1. The molecule has 1 aromatic heterocycles. The Balaban J connectivity index is 1.32. The maximum absolute atomic E-state index is 9.53. The first kappa shape index (κ1) is 26.4. The van der Waals surface area contributed by atoms with Gasteiger partial charge in [-0.2, -0.15) is 5.26 Å². The number of hydrogen-bond donors (Lipinski definition) is 0. The first-order chi connectivity index (χ1) is 22.3. The van der Waals surface area contributed by atoms with E-state index in [4.69, 9.17) is 0 Å². The quantitative estimate of drug-likeness (QED) is 0.192. The fourth-order valence-corrected chi connectivity index (χ4v) is 6.47. The summed E-state index contributed by atoms with van der Waals surface area (Å²) in [5, 5.41) is 16.9. The Kier molecular flexibility index (Phi) is 6.52. The van der Waals surface area contributed by atoms with Crippen LogP contribution in [0.2, 0.25) is 0 Å². The highest BCUT2D eigenvalue weighted by Gasteiger charge is 2.18. The summed E-state index contributed by atoms with van der Waals surface area (Å²) in [4.78, 5) is 6.72. The molecule has 0 aliphatic carbocycles. The van der Waals surface area contributed by atoms with Gasteiger partial charge in [-0.15, -0.1) is 0 Å². The van der Waals surface area contributed by atoms with Gasteiger partial charge >= 0.3 is 0 Å². The van der Waals surface area contributed by atoms with Gasteiger partial charge in [-0.05, 0) is 97.0 Å². The molecular formula is C42H27N3. The third-order valence-electron chi connectivity index (χ3n) is 8.48. The molecule has 8 aromatic rings. The molecule has 0 spiro atoms. The van der Waals surface area contributed by atoms with Gasteiger partial charge in [-0.3, -0.25) is 4.90 Å². The number of aromatic nitrogens is 1. The Hall–Kier alpha value is -6.24. The van der Waals surface area contributed by atoms with Gasteiger partial charge in [0.2, 0.25) is 0 Å². The van der Waals surface area contributed by atoms with Crippen LogP contribution in [0.25, 0.3) is 54.6 Å². The predicted molar refractivity (Wildman–Crippen MR) is 187 cm³/mol. The van der Waals surface area contributed by atoms with Crippen molar-refractivity contribution in [2.45, 2.75) is 0 Å². The largest absolute Gasteiger partial charge is 0.295 e. The molecule has 0 amide bonds. The minimum Gasteiger partial charge on any atom is -0.295 e. The Bertz CT molecular complexity index is 2330. The van der Waals surface area contributed by atoms with Gasteiger partial charge in [0.1, 0.15) is 17.6 Å². The van der Waals surface area contributed by atoms with Crippen molar-refractivity contribution in [1.82, 2.24) is 4.98 Å². The van der Waals surface area contributed by atoms with Crippen LogP contribution in [0.1, 0.15) is 5.69 Å². The summed E-state index contributed by atoms with van der Waals surface area (Å²) in [6.07, 6.45) is 0. The molecule has 0 aliphatic rings. The monoisotopic (exact) mass is 573 g/mol. The van der Waals surface area contributed by atoms with Gasteiger partial charge in [0, 0.05) is 11.4 Å². The minimum absolute atomic E-state index is 0.384. The molecule has 3 heteroatoms. The van der Waals surface area contributed by atoms with E-state index in [0.717, 1.165) is 16.9 Å². The average molecular weight is 574 g/mol. The van der Waals surface area contributed by atoms with E-state index >= 15 is 0 Å². The molecule has 45 heavy (non-hydrogen) atoms. The van der Waals surface area contributed by atoms with Crippen molar-refractivity contribution in [1.29, 1.82) is 5.26 Å². The second kappa shape index (κ2) is 11.1. The van der Waals surface area contributed by atoms with Crippen LogP contribution in [0.15, 0.2) is 164 Å². The molecule has 210 valence electrons. The lowest BCUT2D eigenvalue weighted by Gasteiger charge is -2.25. The smallest absolute Gasteiger partial charge is 0.142 e. The van der Waals surface area contributed by atoms with Crippen LogP contribution in [0.4, 0.5) is 17.2 Å². The number of anilines is 3. The van der Waals surface area contributed by atoms with Crippen LogP contribution in [-0.4, -0.2) is 4.98 Å². The molecule has 3 nitrogen and oxygen atoms in total. The average Bonchev–Trinajstić information content (AvgIpc) is 3.11. The molecule has 0 fully saturated rings. The first-order valence-corrected chi connectivity index (χ1v) is 15.0. The van der Waals surface area contributed by atoms with Crippen molar-refractivity contribution in [3.8, 4) is 28.3 Å². The van der Waals surface area contributed by atoms with Crippen LogP contribution in [0.5, 0.6) is 0 Å². The van der Waals surface area contributed by atoms with Crippen LogP contribution in [-0.2, 0) is 0 Å². The zero-order valence-electron chi connectivity index (χ0n) is 24.4. The van der Waals surface area contributed by atoms with E-state index in [9.17, 15) is 5.26 Å². The highest BCUT2D eigenvalue weighted by molar-refractivity contribution is 6.21. The summed E-state index contributed by atoms with van der Waals surface area (Å²) in [6, 6.07) is 59.4. The standard InChI is InChI=1S/C42H27N3/c43-28-33-13-10-20-40(44-33)45(34-14-2-1-3-15-34)35-25-23-30(24-26-35)41-36-16-6-8-18-38(36)42(39-19-9-7-17-37(39)41)32-22-21-29-11-4-5-12-31(29)27-32/h1-27H. The van der Waals surface area contributed by atoms with Crippen LogP contribution >= 0.6 is 0 Å². The van der Waals surface area contributed by atoms with E-state index in [-0.39, 0.29) is 0 Å². The van der Waals surface area contributed by atoms with E-state index in [2.05, 4.69) is 143 Å². The van der Waals surface area contributed by atoms with Crippen molar-refractivity contribution in [2.24, 2.45) is 0 Å². The summed E-state index contributed by atoms with van der Waals surface area (Å²) in [6.45, 7) is 0. The molecule has 0 saturated carbocycles. The summed E-state index contributed by atoms with van der Waals surface area (Å²) in [5.41, 5.74) is 7.16. The number of pyridine rings is 1. The zero-order valence-corrected chi connectivity index (χ0v) is 24.4. The fourth-order valence-electron chi connectivity index (χ4n) is 6.47. The number of fused-ring (bicyclic) bond motifs is 3. The molecule has 8 rings (SSSR count). The predicted octanol–water partition coefficient (Wildman–Crippen LogP) is 11.2. The van der Waals surface area contributed by atoms with E-state index in [0.29, 0.717) is 11.5 Å². The molecule has 0 unspecified atom stereocenters. The van der Waals surface area contributed by atoms with Crippen molar-refractivity contribution >= 4 is 49.5 Å². The van der Waals surface area contributed by atoms with Crippen molar-refractivity contribution in [2.75, 3.05) is 4.90 Å². The van der Waals surface area contributed by atoms with Gasteiger partial charge < -0.3 is 0 Å². The number of rotatable bonds is 5. The Morgan fingerprint density at radius 2 is 0.978 bits per heavy atom. The molecule has 0 atom stereocenters. The SMILES string of the molecule is N#Cc1cccc(N(c2ccccc2)c2ccc(-c3c4ccccc4c(-c4ccc5ccccc5c4)c4ccccc34)cc2)n1. The third kappa shape index (κ3) is 4.66. The van der Waals surface area contributed by atoms with Crippen LogP contribution < -0.4 is 4.90 Å². The van der Waals surface area contributed by atoms with Gasteiger partial charge in [0.05, 0.1) is 0 Å². The number of hydrogen-bond acceptors (Lipinski definition) is 3. The van der Waals surface area contributed by atoms with Crippen LogP contribution in [0, 0.1) is 11.3 Å². The van der Waals surface area contributed by atoms with Crippen molar-refractivity contribution in [3.63, 3.8) is 0 Å². The maximum atomic E-state index is 9.53. The van der Waals surface area contributed by atoms with Crippen molar-refractivity contribution in [3.05, 3.63) is 169 Å². The molecule has 0 bridgehead atoms. The molecule has 1 heterocycles. The second-order valence-corrected chi connectivity index (χ2v) is 11.1. The molecule has 0 radical (unpaired) electrons. The van der Waals surface area contributed by atoms with E-state index in [1.807, 2.05) is 30.3 Å². The number of nitriles is 1. The summed E-state index contributed by atoms with van der Waals surface area (Å²) < 4.78 is 0. The van der Waals surface area contributed by atoms with E-state index in [1.165, 1.54) is 49.0 Å². The maximum Gasteiger partial charge on any atom is 0.142 e. The van der Waals surface area contributed by atoms with Crippen LogP contribution in [0.3, 0.4) is 0 Å². The lowest BCUT2D eigenvalue weighted by molar-refractivity contribution is 1.16. The lowest BCUT2D eigenvalue weighted by Crippen LogP contribution is -2.11.